The number of rotatable bonds is 40. The summed E-state index contributed by atoms with van der Waals surface area (Å²) in [7, 11) is 0. The number of unbranched alkanes of at least 4 members (excludes halogenated alkanes) is 24. The van der Waals surface area contributed by atoms with Crippen molar-refractivity contribution in [2.24, 2.45) is 0 Å². The Bertz CT molecular complexity index is 928. The molecule has 0 bridgehead atoms. The zero-order valence-electron chi connectivity index (χ0n) is 37.3. The van der Waals surface area contributed by atoms with Crippen LogP contribution in [0.25, 0.3) is 0 Å². The summed E-state index contributed by atoms with van der Waals surface area (Å²) in [6.45, 7) is 15.9. The monoisotopic (exact) mass is 787 g/mol. The molecule has 1 aromatic rings. The average molecular weight is 787 g/mol. The molecule has 1 aromatic carbocycles. The first-order valence-corrected chi connectivity index (χ1v) is 23.9. The zero-order valence-corrected chi connectivity index (χ0v) is 37.3. The molecular formula is C48H90N4O4. The smallest absolute Gasteiger partial charge is 0.411 e. The lowest BCUT2D eigenvalue weighted by Crippen LogP contribution is -2.27. The maximum absolute atomic E-state index is 12.3. The summed E-state index contributed by atoms with van der Waals surface area (Å²) in [6.07, 6.45) is 36.5. The van der Waals surface area contributed by atoms with E-state index in [1.54, 1.807) is 24.3 Å². The van der Waals surface area contributed by atoms with E-state index in [4.69, 9.17) is 9.47 Å². The summed E-state index contributed by atoms with van der Waals surface area (Å²) in [5, 5.41) is 5.56. The number of amides is 2. The van der Waals surface area contributed by atoms with Gasteiger partial charge in [-0.15, -0.1) is 0 Å². The van der Waals surface area contributed by atoms with Gasteiger partial charge >= 0.3 is 12.2 Å². The fourth-order valence-corrected chi connectivity index (χ4v) is 7.41. The van der Waals surface area contributed by atoms with Crippen LogP contribution in [0.5, 0.6) is 0 Å². The van der Waals surface area contributed by atoms with Gasteiger partial charge in [-0.25, -0.2) is 9.59 Å². The summed E-state index contributed by atoms with van der Waals surface area (Å²) < 4.78 is 10.9. The summed E-state index contributed by atoms with van der Waals surface area (Å²) in [6, 6.07) is 7.00. The van der Waals surface area contributed by atoms with Crippen molar-refractivity contribution in [1.82, 2.24) is 9.80 Å². The van der Waals surface area contributed by atoms with Crippen LogP contribution >= 0.6 is 0 Å². The van der Waals surface area contributed by atoms with Gasteiger partial charge < -0.3 is 19.3 Å². The van der Waals surface area contributed by atoms with Gasteiger partial charge in [0.15, 0.2) is 0 Å². The van der Waals surface area contributed by atoms with Gasteiger partial charge in [-0.3, -0.25) is 10.6 Å². The van der Waals surface area contributed by atoms with Gasteiger partial charge in [-0.1, -0.05) is 182 Å². The van der Waals surface area contributed by atoms with Crippen LogP contribution in [0.1, 0.15) is 207 Å². The van der Waals surface area contributed by atoms with Crippen molar-refractivity contribution in [2.75, 3.05) is 63.1 Å². The number of hydrogen-bond acceptors (Lipinski definition) is 6. The topological polar surface area (TPSA) is 83.1 Å². The third-order valence-corrected chi connectivity index (χ3v) is 11.1. The van der Waals surface area contributed by atoms with Crippen molar-refractivity contribution in [1.29, 1.82) is 0 Å². The van der Waals surface area contributed by atoms with Crippen LogP contribution in [-0.2, 0) is 9.47 Å². The van der Waals surface area contributed by atoms with Crippen molar-refractivity contribution in [3.8, 4) is 0 Å². The largest absolute Gasteiger partial charge is 0.449 e. The third-order valence-electron chi connectivity index (χ3n) is 11.1. The number of carbonyl (C=O) groups is 2. The third kappa shape index (κ3) is 32.7. The van der Waals surface area contributed by atoms with Crippen molar-refractivity contribution in [3.05, 3.63) is 24.3 Å². The van der Waals surface area contributed by atoms with Crippen molar-refractivity contribution in [3.63, 3.8) is 0 Å². The number of nitrogens with one attached hydrogen (secondary N) is 2. The molecule has 0 fully saturated rings. The predicted molar refractivity (Wildman–Crippen MR) is 241 cm³/mol. The molecule has 0 saturated heterocycles. The standard InChI is InChI=1S/C48H90N4O4/c1-5-9-11-13-15-17-19-21-23-25-27-29-31-39-51(7-3)41-33-43-55-47(53)49-45-35-37-46(38-36-45)50-48(54)56-44-34-42-52(8-4)40-32-30-28-26-24-22-20-18-16-14-12-10-6-2/h35-38H,5-34,39-44H2,1-4H3,(H,49,53)(H,50,54). The Labute approximate surface area is 346 Å². The zero-order chi connectivity index (χ0) is 40.6. The number of hydrogen-bond donors (Lipinski definition) is 2. The molecule has 8 nitrogen and oxygen atoms in total. The summed E-state index contributed by atoms with van der Waals surface area (Å²) >= 11 is 0. The molecule has 0 radical (unpaired) electrons. The Balaban J connectivity index is 2.04. The Kier molecular flexibility index (Phi) is 36.5. The quantitative estimate of drug-likeness (QED) is 0.0645. The van der Waals surface area contributed by atoms with Crippen molar-refractivity contribution < 1.29 is 19.1 Å². The lowest BCUT2D eigenvalue weighted by atomic mass is 10.0. The molecule has 0 aliphatic rings. The van der Waals surface area contributed by atoms with Gasteiger partial charge in [0.2, 0.25) is 0 Å². The van der Waals surface area contributed by atoms with Crippen LogP contribution in [0.15, 0.2) is 24.3 Å². The molecule has 2 amide bonds. The minimum Gasteiger partial charge on any atom is -0.449 e. The number of ether oxygens (including phenoxy) is 2. The van der Waals surface area contributed by atoms with Crippen molar-refractivity contribution in [2.45, 2.75) is 207 Å². The Morgan fingerprint density at radius 2 is 0.643 bits per heavy atom. The van der Waals surface area contributed by atoms with Crippen LogP contribution in [0.3, 0.4) is 0 Å². The predicted octanol–water partition coefficient (Wildman–Crippen LogP) is 14.4. The maximum Gasteiger partial charge on any atom is 0.411 e. The molecule has 0 spiro atoms. The molecule has 2 N–H and O–H groups in total. The van der Waals surface area contributed by atoms with E-state index in [1.807, 2.05) is 0 Å². The van der Waals surface area contributed by atoms with Gasteiger partial charge in [0.25, 0.3) is 0 Å². The van der Waals surface area contributed by atoms with Crippen molar-refractivity contribution >= 4 is 23.6 Å². The second kappa shape index (κ2) is 39.5. The molecular weight excluding hydrogens is 697 g/mol. The summed E-state index contributed by atoms with van der Waals surface area (Å²) in [5.41, 5.74) is 1.24. The number of nitrogens with zero attached hydrogens (tertiary/aromatic N) is 2. The minimum absolute atomic E-state index is 0.391. The second-order valence-corrected chi connectivity index (χ2v) is 16.2. The van der Waals surface area contributed by atoms with E-state index in [0.29, 0.717) is 24.6 Å². The van der Waals surface area contributed by atoms with E-state index in [-0.39, 0.29) is 0 Å². The molecule has 0 atom stereocenters. The highest BCUT2D eigenvalue weighted by Crippen LogP contribution is 2.16. The van der Waals surface area contributed by atoms with Crippen LogP contribution in [0.2, 0.25) is 0 Å². The fourth-order valence-electron chi connectivity index (χ4n) is 7.41. The lowest BCUT2D eigenvalue weighted by Gasteiger charge is -2.20. The van der Waals surface area contributed by atoms with Crippen LogP contribution in [0.4, 0.5) is 21.0 Å². The Hall–Kier alpha value is -2.32. The van der Waals surface area contributed by atoms with E-state index in [9.17, 15) is 9.59 Å². The summed E-state index contributed by atoms with van der Waals surface area (Å²) in [4.78, 5) is 29.6. The number of carbonyl (C=O) groups excluding carboxylic acids is 2. The van der Waals surface area contributed by atoms with Gasteiger partial charge in [-0.2, -0.15) is 0 Å². The van der Waals surface area contributed by atoms with Gasteiger partial charge in [-0.05, 0) is 76.1 Å². The molecule has 0 heterocycles. The Morgan fingerprint density at radius 3 is 0.911 bits per heavy atom. The fraction of sp³-hybridized carbons (Fsp3) is 0.833. The average Bonchev–Trinajstić information content (AvgIpc) is 3.20. The minimum atomic E-state index is -0.458. The molecule has 56 heavy (non-hydrogen) atoms. The molecule has 1 rings (SSSR count). The van der Waals surface area contributed by atoms with E-state index >= 15 is 0 Å². The molecule has 0 unspecified atom stereocenters. The molecule has 326 valence electrons. The number of benzene rings is 1. The van der Waals surface area contributed by atoms with E-state index in [0.717, 1.165) is 52.1 Å². The van der Waals surface area contributed by atoms with Gasteiger partial charge in [0.1, 0.15) is 0 Å². The highest BCUT2D eigenvalue weighted by molar-refractivity contribution is 5.87. The van der Waals surface area contributed by atoms with Gasteiger partial charge in [0.05, 0.1) is 13.2 Å². The van der Waals surface area contributed by atoms with Crippen LogP contribution < -0.4 is 10.6 Å². The maximum atomic E-state index is 12.3. The normalized spacial score (nSPS) is 11.4. The molecule has 0 saturated carbocycles. The molecule has 8 heteroatoms. The first-order chi connectivity index (χ1) is 27.5. The molecule has 0 aromatic heterocycles. The van der Waals surface area contributed by atoms with E-state index < -0.39 is 12.2 Å². The number of anilines is 2. The van der Waals surface area contributed by atoms with E-state index in [2.05, 4.69) is 48.1 Å². The van der Waals surface area contributed by atoms with E-state index in [1.165, 1.54) is 167 Å². The highest BCUT2D eigenvalue weighted by atomic mass is 16.6. The second-order valence-electron chi connectivity index (χ2n) is 16.2. The van der Waals surface area contributed by atoms with Crippen LogP contribution in [0, 0.1) is 0 Å². The highest BCUT2D eigenvalue weighted by Gasteiger charge is 2.09. The van der Waals surface area contributed by atoms with Gasteiger partial charge in [0, 0.05) is 24.5 Å². The molecule has 0 aliphatic heterocycles. The van der Waals surface area contributed by atoms with Crippen LogP contribution in [-0.4, -0.2) is 74.5 Å². The first-order valence-electron chi connectivity index (χ1n) is 23.9. The SMILES string of the molecule is CCCCCCCCCCCCCCCN(CC)CCCOC(=O)Nc1ccc(NC(=O)OCCCN(CC)CCCCCCCCCCCCCCC)cc1. The Morgan fingerprint density at radius 1 is 0.393 bits per heavy atom. The summed E-state index contributed by atoms with van der Waals surface area (Å²) in [5.74, 6) is 0. The first kappa shape index (κ1) is 51.7. The molecule has 0 aliphatic carbocycles. The lowest BCUT2D eigenvalue weighted by molar-refractivity contribution is 0.151.